The molecule has 1 rings (SSSR count). The number of hydrogen-bond acceptors (Lipinski definition) is 4. The molecule has 0 saturated carbocycles. The van der Waals surface area contributed by atoms with Crippen LogP contribution in [0, 0.1) is 6.92 Å². The zero-order valence-corrected chi connectivity index (χ0v) is 11.8. The molecular formula is C11H18BrN3O. The van der Waals surface area contributed by atoms with Crippen molar-refractivity contribution in [2.75, 3.05) is 23.9 Å². The zero-order valence-electron chi connectivity index (χ0n) is 10.2. The summed E-state index contributed by atoms with van der Waals surface area (Å²) in [6.45, 7) is 7.20. The third-order valence-corrected chi connectivity index (χ3v) is 2.78. The lowest BCUT2D eigenvalue weighted by molar-refractivity contribution is 0.393. The standard InChI is InChI=1S/C11H18BrN3O/c1-8(2)15(6-5-12)10-9(3)11(16-4)14-7-13-10/h7-8H,5-6H2,1-4H3. The van der Waals surface area contributed by atoms with Gasteiger partial charge in [-0.3, -0.25) is 0 Å². The summed E-state index contributed by atoms with van der Waals surface area (Å²) in [5.41, 5.74) is 0.986. The van der Waals surface area contributed by atoms with Gasteiger partial charge in [0.15, 0.2) is 0 Å². The molecule has 0 bridgehead atoms. The third kappa shape index (κ3) is 2.84. The van der Waals surface area contributed by atoms with Crippen LogP contribution >= 0.6 is 15.9 Å². The molecule has 1 heterocycles. The van der Waals surface area contributed by atoms with Gasteiger partial charge in [0, 0.05) is 17.9 Å². The van der Waals surface area contributed by atoms with Gasteiger partial charge in [-0.1, -0.05) is 15.9 Å². The second-order valence-corrected chi connectivity index (χ2v) is 4.60. The van der Waals surface area contributed by atoms with Gasteiger partial charge in [0.05, 0.1) is 12.7 Å². The Hall–Kier alpha value is -0.840. The van der Waals surface area contributed by atoms with Crippen molar-refractivity contribution in [1.82, 2.24) is 9.97 Å². The fourth-order valence-corrected chi connectivity index (χ4v) is 2.00. The normalized spacial score (nSPS) is 10.6. The van der Waals surface area contributed by atoms with E-state index in [2.05, 4.69) is 44.6 Å². The highest BCUT2D eigenvalue weighted by Crippen LogP contribution is 2.24. The maximum atomic E-state index is 5.20. The summed E-state index contributed by atoms with van der Waals surface area (Å²) in [4.78, 5) is 10.7. The van der Waals surface area contributed by atoms with Crippen molar-refractivity contribution in [3.8, 4) is 5.88 Å². The number of halogens is 1. The highest BCUT2D eigenvalue weighted by Gasteiger charge is 2.16. The van der Waals surface area contributed by atoms with Gasteiger partial charge >= 0.3 is 0 Å². The molecule has 1 aromatic heterocycles. The summed E-state index contributed by atoms with van der Waals surface area (Å²) in [5.74, 6) is 1.59. The minimum absolute atomic E-state index is 0.399. The molecule has 0 radical (unpaired) electrons. The lowest BCUT2D eigenvalue weighted by atomic mass is 10.2. The number of ether oxygens (including phenoxy) is 1. The van der Waals surface area contributed by atoms with Gasteiger partial charge in [0.25, 0.3) is 0 Å². The van der Waals surface area contributed by atoms with Crippen molar-refractivity contribution >= 4 is 21.7 Å². The molecule has 0 saturated heterocycles. The Bertz CT molecular complexity index is 344. The molecular weight excluding hydrogens is 270 g/mol. The number of rotatable bonds is 5. The van der Waals surface area contributed by atoms with E-state index in [0.29, 0.717) is 11.9 Å². The number of anilines is 1. The Morgan fingerprint density at radius 1 is 1.44 bits per heavy atom. The highest BCUT2D eigenvalue weighted by molar-refractivity contribution is 9.09. The number of aromatic nitrogens is 2. The lowest BCUT2D eigenvalue weighted by Crippen LogP contribution is -2.34. The first-order valence-corrected chi connectivity index (χ1v) is 6.42. The summed E-state index contributed by atoms with van der Waals surface area (Å²) in [5, 5.41) is 0.914. The molecule has 0 aliphatic rings. The second kappa shape index (κ2) is 6.03. The van der Waals surface area contributed by atoms with E-state index in [4.69, 9.17) is 4.74 Å². The Labute approximate surface area is 105 Å². The molecule has 0 amide bonds. The van der Waals surface area contributed by atoms with E-state index < -0.39 is 0 Å². The smallest absolute Gasteiger partial charge is 0.221 e. The summed E-state index contributed by atoms with van der Waals surface area (Å²) < 4.78 is 5.20. The van der Waals surface area contributed by atoms with Crippen molar-refractivity contribution in [2.24, 2.45) is 0 Å². The topological polar surface area (TPSA) is 38.3 Å². The molecule has 0 N–H and O–H groups in total. The maximum absolute atomic E-state index is 5.20. The van der Waals surface area contributed by atoms with Crippen LogP contribution in [-0.2, 0) is 0 Å². The lowest BCUT2D eigenvalue weighted by Gasteiger charge is -2.28. The molecule has 90 valence electrons. The van der Waals surface area contributed by atoms with Crippen LogP contribution in [0.25, 0.3) is 0 Å². The first-order chi connectivity index (χ1) is 7.61. The zero-order chi connectivity index (χ0) is 12.1. The molecule has 0 atom stereocenters. The Kier molecular flexibility index (Phi) is 4.99. The quantitative estimate of drug-likeness (QED) is 0.780. The van der Waals surface area contributed by atoms with Gasteiger partial charge < -0.3 is 9.64 Å². The monoisotopic (exact) mass is 287 g/mol. The molecule has 0 aromatic carbocycles. The van der Waals surface area contributed by atoms with E-state index >= 15 is 0 Å². The molecule has 0 unspecified atom stereocenters. The van der Waals surface area contributed by atoms with Gasteiger partial charge in [0.2, 0.25) is 5.88 Å². The number of hydrogen-bond donors (Lipinski definition) is 0. The minimum atomic E-state index is 0.399. The Morgan fingerprint density at radius 2 is 2.12 bits per heavy atom. The predicted octanol–water partition coefficient (Wildman–Crippen LogP) is 2.40. The van der Waals surface area contributed by atoms with Crippen LogP contribution in [0.15, 0.2) is 6.33 Å². The minimum Gasteiger partial charge on any atom is -0.481 e. The Balaban J connectivity index is 3.08. The Morgan fingerprint density at radius 3 is 2.62 bits per heavy atom. The fourth-order valence-electron chi connectivity index (χ4n) is 1.62. The molecule has 0 aliphatic carbocycles. The molecule has 5 heteroatoms. The number of alkyl halides is 1. The second-order valence-electron chi connectivity index (χ2n) is 3.81. The van der Waals surface area contributed by atoms with Crippen LogP contribution in [0.5, 0.6) is 5.88 Å². The summed E-state index contributed by atoms with van der Waals surface area (Å²) >= 11 is 3.46. The van der Waals surface area contributed by atoms with Crippen molar-refractivity contribution < 1.29 is 4.74 Å². The van der Waals surface area contributed by atoms with Gasteiger partial charge in [0.1, 0.15) is 12.1 Å². The number of methoxy groups -OCH3 is 1. The summed E-state index contributed by atoms with van der Waals surface area (Å²) in [6, 6.07) is 0.399. The fraction of sp³-hybridized carbons (Fsp3) is 0.636. The number of nitrogens with zero attached hydrogens (tertiary/aromatic N) is 3. The van der Waals surface area contributed by atoms with E-state index in [9.17, 15) is 0 Å². The largest absolute Gasteiger partial charge is 0.481 e. The molecule has 4 nitrogen and oxygen atoms in total. The summed E-state index contributed by atoms with van der Waals surface area (Å²) in [6.07, 6.45) is 1.55. The maximum Gasteiger partial charge on any atom is 0.221 e. The highest BCUT2D eigenvalue weighted by atomic mass is 79.9. The summed E-state index contributed by atoms with van der Waals surface area (Å²) in [7, 11) is 1.63. The molecule has 0 fully saturated rings. The SMILES string of the molecule is COc1ncnc(N(CCBr)C(C)C)c1C. The average molecular weight is 288 g/mol. The van der Waals surface area contributed by atoms with E-state index in [1.807, 2.05) is 6.92 Å². The molecule has 0 spiro atoms. The van der Waals surface area contributed by atoms with E-state index in [1.54, 1.807) is 13.4 Å². The first kappa shape index (κ1) is 13.2. The van der Waals surface area contributed by atoms with Crippen LogP contribution < -0.4 is 9.64 Å². The molecule has 16 heavy (non-hydrogen) atoms. The molecule has 0 aliphatic heterocycles. The van der Waals surface area contributed by atoms with E-state index in [0.717, 1.165) is 23.3 Å². The molecule has 1 aromatic rings. The van der Waals surface area contributed by atoms with Crippen LogP contribution in [0.3, 0.4) is 0 Å². The van der Waals surface area contributed by atoms with E-state index in [-0.39, 0.29) is 0 Å². The van der Waals surface area contributed by atoms with Crippen molar-refractivity contribution in [1.29, 1.82) is 0 Å². The average Bonchev–Trinajstić information content (AvgIpc) is 2.26. The van der Waals surface area contributed by atoms with Crippen LogP contribution in [0.1, 0.15) is 19.4 Å². The van der Waals surface area contributed by atoms with Crippen molar-refractivity contribution in [2.45, 2.75) is 26.8 Å². The first-order valence-electron chi connectivity index (χ1n) is 5.30. The van der Waals surface area contributed by atoms with E-state index in [1.165, 1.54) is 0 Å². The van der Waals surface area contributed by atoms with Crippen LogP contribution in [0.2, 0.25) is 0 Å². The van der Waals surface area contributed by atoms with Crippen molar-refractivity contribution in [3.05, 3.63) is 11.9 Å². The van der Waals surface area contributed by atoms with Crippen LogP contribution in [0.4, 0.5) is 5.82 Å². The third-order valence-electron chi connectivity index (χ3n) is 2.43. The van der Waals surface area contributed by atoms with Gasteiger partial charge in [-0.05, 0) is 20.8 Å². The van der Waals surface area contributed by atoms with Gasteiger partial charge in [-0.25, -0.2) is 9.97 Å². The van der Waals surface area contributed by atoms with Crippen molar-refractivity contribution in [3.63, 3.8) is 0 Å². The predicted molar refractivity (Wildman–Crippen MR) is 69.6 cm³/mol. The van der Waals surface area contributed by atoms with Crippen LogP contribution in [-0.4, -0.2) is 35.0 Å². The van der Waals surface area contributed by atoms with Gasteiger partial charge in [-0.15, -0.1) is 0 Å². The van der Waals surface area contributed by atoms with Gasteiger partial charge in [-0.2, -0.15) is 0 Å².